The summed E-state index contributed by atoms with van der Waals surface area (Å²) < 4.78 is 0. The first-order chi connectivity index (χ1) is 6.72. The monoisotopic (exact) mass is 230 g/mol. The van der Waals surface area contributed by atoms with Crippen LogP contribution in [0, 0.1) is 11.8 Å². The summed E-state index contributed by atoms with van der Waals surface area (Å²) in [5.41, 5.74) is 0.873. The second-order valence-electron chi connectivity index (χ2n) is 4.36. The normalized spacial score (nSPS) is 30.0. The van der Waals surface area contributed by atoms with E-state index in [1.807, 2.05) is 24.8 Å². The average Bonchev–Trinajstić information content (AvgIpc) is 2.74. The molecule has 86 valence electrons. The predicted molar refractivity (Wildman–Crippen MR) is 63.1 cm³/mol. The number of carbonyl (C=O) groups is 1. The Hall–Kier alpha value is -0.540. The highest BCUT2D eigenvalue weighted by atomic mass is 35.5. The van der Waals surface area contributed by atoms with Crippen molar-refractivity contribution in [3.63, 3.8) is 0 Å². The summed E-state index contributed by atoms with van der Waals surface area (Å²) in [6.45, 7) is 7.89. The first-order valence-corrected chi connectivity index (χ1v) is 5.35. The van der Waals surface area contributed by atoms with Crippen molar-refractivity contribution >= 4 is 18.3 Å². The van der Waals surface area contributed by atoms with Crippen LogP contribution in [-0.2, 0) is 4.79 Å². The number of likely N-dealkylation sites (tertiary alicyclic amines) is 1. The van der Waals surface area contributed by atoms with Crippen molar-refractivity contribution in [2.45, 2.75) is 13.8 Å². The van der Waals surface area contributed by atoms with Crippen LogP contribution in [0.25, 0.3) is 0 Å². The molecule has 0 aromatic carbocycles. The van der Waals surface area contributed by atoms with E-state index in [4.69, 9.17) is 0 Å². The topological polar surface area (TPSA) is 32.3 Å². The summed E-state index contributed by atoms with van der Waals surface area (Å²) in [6, 6.07) is 0. The minimum Gasteiger partial charge on any atom is -0.338 e. The Morgan fingerprint density at radius 3 is 2.33 bits per heavy atom. The zero-order valence-electron chi connectivity index (χ0n) is 9.32. The van der Waals surface area contributed by atoms with Crippen molar-refractivity contribution in [2.24, 2.45) is 11.8 Å². The van der Waals surface area contributed by atoms with Gasteiger partial charge in [0.25, 0.3) is 0 Å². The van der Waals surface area contributed by atoms with Crippen molar-refractivity contribution in [3.8, 4) is 0 Å². The minimum absolute atomic E-state index is 0. The molecule has 2 rings (SSSR count). The van der Waals surface area contributed by atoms with E-state index < -0.39 is 0 Å². The Bertz CT molecular complexity index is 266. The van der Waals surface area contributed by atoms with Crippen molar-refractivity contribution in [1.82, 2.24) is 10.2 Å². The maximum absolute atomic E-state index is 11.8. The number of nitrogens with zero attached hydrogens (tertiary/aromatic N) is 1. The van der Waals surface area contributed by atoms with E-state index in [2.05, 4.69) is 5.32 Å². The molecule has 0 aliphatic carbocycles. The van der Waals surface area contributed by atoms with Crippen LogP contribution in [0.5, 0.6) is 0 Å². The summed E-state index contributed by atoms with van der Waals surface area (Å²) >= 11 is 0. The molecule has 4 heteroatoms. The highest BCUT2D eigenvalue weighted by Crippen LogP contribution is 2.27. The number of amides is 1. The summed E-state index contributed by atoms with van der Waals surface area (Å²) in [6.07, 6.45) is 1.90. The molecule has 2 aliphatic rings. The molecule has 2 heterocycles. The first kappa shape index (κ1) is 12.5. The quantitative estimate of drug-likeness (QED) is 0.683. The van der Waals surface area contributed by atoms with Crippen LogP contribution in [0.3, 0.4) is 0 Å². The maximum Gasteiger partial charge on any atom is 0.249 e. The lowest BCUT2D eigenvalue weighted by atomic mass is 10.0. The number of nitrogens with one attached hydrogen (secondary N) is 1. The molecule has 2 fully saturated rings. The third-order valence-electron chi connectivity index (χ3n) is 3.45. The number of halogens is 1. The molecule has 0 bridgehead atoms. The first-order valence-electron chi connectivity index (χ1n) is 5.35. The van der Waals surface area contributed by atoms with E-state index in [1.165, 1.54) is 0 Å². The third kappa shape index (κ3) is 2.34. The van der Waals surface area contributed by atoms with Gasteiger partial charge in [0.05, 0.1) is 0 Å². The maximum atomic E-state index is 11.8. The van der Waals surface area contributed by atoms with Gasteiger partial charge in [0.1, 0.15) is 0 Å². The van der Waals surface area contributed by atoms with Gasteiger partial charge < -0.3 is 10.2 Å². The highest BCUT2D eigenvalue weighted by Gasteiger charge is 2.37. The minimum atomic E-state index is 0. The van der Waals surface area contributed by atoms with Gasteiger partial charge in [0.2, 0.25) is 5.91 Å². The van der Waals surface area contributed by atoms with Gasteiger partial charge in [-0.2, -0.15) is 0 Å². The lowest BCUT2D eigenvalue weighted by Crippen LogP contribution is -2.32. The highest BCUT2D eigenvalue weighted by molar-refractivity contribution is 5.92. The second-order valence-corrected chi connectivity index (χ2v) is 4.36. The van der Waals surface area contributed by atoms with Crippen molar-refractivity contribution in [1.29, 1.82) is 0 Å². The van der Waals surface area contributed by atoms with E-state index >= 15 is 0 Å². The molecular formula is C11H19ClN2O. The lowest BCUT2D eigenvalue weighted by molar-refractivity contribution is -0.126. The van der Waals surface area contributed by atoms with Crippen LogP contribution in [0.2, 0.25) is 0 Å². The molecule has 2 aliphatic heterocycles. The van der Waals surface area contributed by atoms with Gasteiger partial charge >= 0.3 is 0 Å². The zero-order chi connectivity index (χ0) is 10.1. The SMILES string of the molecule is C/C=C(/C)C(=O)N1C[C@H]2CNC[C@H]2C1.Cl. The fourth-order valence-electron chi connectivity index (χ4n) is 2.39. The molecule has 0 unspecified atom stereocenters. The smallest absolute Gasteiger partial charge is 0.249 e. The van der Waals surface area contributed by atoms with Crippen molar-refractivity contribution in [3.05, 3.63) is 11.6 Å². The number of rotatable bonds is 1. The van der Waals surface area contributed by atoms with Crippen molar-refractivity contribution in [2.75, 3.05) is 26.2 Å². The molecule has 0 aromatic heterocycles. The van der Waals surface area contributed by atoms with Crippen molar-refractivity contribution < 1.29 is 4.79 Å². The van der Waals surface area contributed by atoms with Gasteiger partial charge in [-0.15, -0.1) is 12.4 Å². The molecule has 15 heavy (non-hydrogen) atoms. The fourth-order valence-corrected chi connectivity index (χ4v) is 2.39. The predicted octanol–water partition coefficient (Wildman–Crippen LogP) is 1.05. The molecule has 0 aromatic rings. The van der Waals surface area contributed by atoms with Gasteiger partial charge in [-0.3, -0.25) is 4.79 Å². The van der Waals surface area contributed by atoms with E-state index in [1.54, 1.807) is 0 Å². The zero-order valence-corrected chi connectivity index (χ0v) is 10.1. The van der Waals surface area contributed by atoms with Gasteiger partial charge in [0, 0.05) is 31.8 Å². The van der Waals surface area contributed by atoms with Crippen LogP contribution < -0.4 is 5.32 Å². The molecule has 1 N–H and O–H groups in total. The van der Waals surface area contributed by atoms with Crippen LogP contribution >= 0.6 is 12.4 Å². The summed E-state index contributed by atoms with van der Waals surface area (Å²) in [7, 11) is 0. The van der Waals surface area contributed by atoms with Crippen LogP contribution in [0.1, 0.15) is 13.8 Å². The molecule has 3 nitrogen and oxygen atoms in total. The molecule has 2 saturated heterocycles. The van der Waals surface area contributed by atoms with E-state index in [0.29, 0.717) is 11.8 Å². The Morgan fingerprint density at radius 2 is 1.87 bits per heavy atom. The lowest BCUT2D eigenvalue weighted by Gasteiger charge is -2.17. The van der Waals surface area contributed by atoms with E-state index in [0.717, 1.165) is 31.8 Å². The van der Waals surface area contributed by atoms with Crippen LogP contribution in [0.15, 0.2) is 11.6 Å². The Labute approximate surface area is 97.3 Å². The largest absolute Gasteiger partial charge is 0.338 e. The third-order valence-corrected chi connectivity index (χ3v) is 3.45. The molecule has 0 spiro atoms. The number of carbonyl (C=O) groups excluding carboxylic acids is 1. The molecule has 0 radical (unpaired) electrons. The van der Waals surface area contributed by atoms with Crippen LogP contribution in [0.4, 0.5) is 0 Å². The Balaban J connectivity index is 0.00000112. The van der Waals surface area contributed by atoms with Crippen LogP contribution in [-0.4, -0.2) is 37.0 Å². The van der Waals surface area contributed by atoms with E-state index in [-0.39, 0.29) is 18.3 Å². The summed E-state index contributed by atoms with van der Waals surface area (Å²) in [5.74, 6) is 1.62. The van der Waals surface area contributed by atoms with Gasteiger partial charge in [-0.25, -0.2) is 0 Å². The second kappa shape index (κ2) is 4.99. The summed E-state index contributed by atoms with van der Waals surface area (Å²) in [5, 5.41) is 3.37. The molecule has 0 saturated carbocycles. The number of allylic oxidation sites excluding steroid dienone is 1. The Morgan fingerprint density at radius 1 is 1.33 bits per heavy atom. The van der Waals surface area contributed by atoms with Gasteiger partial charge in [0.15, 0.2) is 0 Å². The van der Waals surface area contributed by atoms with Gasteiger partial charge in [-0.1, -0.05) is 6.08 Å². The Kier molecular flexibility index (Phi) is 4.17. The fraction of sp³-hybridized carbons (Fsp3) is 0.727. The average molecular weight is 231 g/mol. The van der Waals surface area contributed by atoms with E-state index in [9.17, 15) is 4.79 Å². The van der Waals surface area contributed by atoms with Gasteiger partial charge in [-0.05, 0) is 25.7 Å². The summed E-state index contributed by atoms with van der Waals surface area (Å²) in [4.78, 5) is 13.9. The number of hydrogen-bond acceptors (Lipinski definition) is 2. The number of hydrogen-bond donors (Lipinski definition) is 1. The molecule has 2 atom stereocenters. The molecular weight excluding hydrogens is 212 g/mol. The number of fused-ring (bicyclic) bond motifs is 1. The molecule has 1 amide bonds. The standard InChI is InChI=1S/C11H18N2O.ClH/c1-3-8(2)11(14)13-6-9-4-12-5-10(9)7-13;/h3,9-10,12H,4-7H2,1-2H3;1H/b8-3-;/t9-,10+;.